The first-order valence-electron chi connectivity index (χ1n) is 8.17. The van der Waals surface area contributed by atoms with Gasteiger partial charge < -0.3 is 15.5 Å². The van der Waals surface area contributed by atoms with Crippen LogP contribution in [-0.4, -0.2) is 41.6 Å². The third-order valence-corrected chi connectivity index (χ3v) is 4.38. The molecular formula is C17H19N5O2. The third kappa shape index (κ3) is 3.10. The first-order valence-corrected chi connectivity index (χ1v) is 8.17. The van der Waals surface area contributed by atoms with Crippen LogP contribution in [0.15, 0.2) is 30.3 Å². The Bertz CT molecular complexity index is 764. The zero-order chi connectivity index (χ0) is 16.5. The van der Waals surface area contributed by atoms with E-state index in [0.717, 1.165) is 17.9 Å². The normalized spacial score (nSPS) is 17.5. The summed E-state index contributed by atoms with van der Waals surface area (Å²) in [5.41, 5.74) is 3.13. The Labute approximate surface area is 139 Å². The lowest BCUT2D eigenvalue weighted by atomic mass is 10.2. The summed E-state index contributed by atoms with van der Waals surface area (Å²) >= 11 is 0. The van der Waals surface area contributed by atoms with Crippen LogP contribution in [0.5, 0.6) is 0 Å². The summed E-state index contributed by atoms with van der Waals surface area (Å²) in [6.07, 6.45) is 2.33. The number of benzene rings is 1. The van der Waals surface area contributed by atoms with Crippen LogP contribution in [0.1, 0.15) is 34.9 Å². The molecule has 0 unspecified atom stereocenters. The Morgan fingerprint density at radius 1 is 1.25 bits per heavy atom. The van der Waals surface area contributed by atoms with Gasteiger partial charge in [-0.05, 0) is 43.2 Å². The molecular weight excluding hydrogens is 306 g/mol. The highest BCUT2D eigenvalue weighted by Gasteiger charge is 2.26. The van der Waals surface area contributed by atoms with Gasteiger partial charge in [-0.2, -0.15) is 5.10 Å². The Morgan fingerprint density at radius 2 is 2.04 bits per heavy atom. The second-order valence-electron chi connectivity index (χ2n) is 6.26. The smallest absolute Gasteiger partial charge is 0.276 e. The third-order valence-electron chi connectivity index (χ3n) is 4.38. The molecule has 1 aliphatic heterocycles. The lowest BCUT2D eigenvalue weighted by molar-refractivity contribution is -0.120. The number of aromatic nitrogens is 2. The van der Waals surface area contributed by atoms with Crippen LogP contribution in [0.3, 0.4) is 0 Å². The molecule has 2 amide bonds. The lowest BCUT2D eigenvalue weighted by Crippen LogP contribution is -2.47. The van der Waals surface area contributed by atoms with E-state index in [0.29, 0.717) is 30.4 Å². The van der Waals surface area contributed by atoms with Gasteiger partial charge in [-0.1, -0.05) is 0 Å². The van der Waals surface area contributed by atoms with E-state index in [-0.39, 0.29) is 11.8 Å². The average Bonchev–Trinajstić information content (AvgIpc) is 3.32. The monoisotopic (exact) mass is 325 g/mol. The molecule has 3 N–H and O–H groups in total. The van der Waals surface area contributed by atoms with Gasteiger partial charge in [0.1, 0.15) is 0 Å². The predicted molar refractivity (Wildman–Crippen MR) is 90.2 cm³/mol. The number of nitrogens with zero attached hydrogens (tertiary/aromatic N) is 2. The van der Waals surface area contributed by atoms with Gasteiger partial charge in [0.05, 0.1) is 6.54 Å². The minimum absolute atomic E-state index is 0.0311. The van der Waals surface area contributed by atoms with E-state index < -0.39 is 0 Å². The molecule has 0 atom stereocenters. The minimum Gasteiger partial charge on any atom is -0.360 e. The Balaban J connectivity index is 1.40. The largest absolute Gasteiger partial charge is 0.360 e. The van der Waals surface area contributed by atoms with Crippen LogP contribution in [-0.2, 0) is 4.79 Å². The van der Waals surface area contributed by atoms with E-state index in [9.17, 15) is 9.59 Å². The number of hydrogen-bond donors (Lipinski definition) is 3. The van der Waals surface area contributed by atoms with Crippen LogP contribution >= 0.6 is 0 Å². The van der Waals surface area contributed by atoms with Gasteiger partial charge >= 0.3 is 0 Å². The van der Waals surface area contributed by atoms with Crippen molar-refractivity contribution in [3.63, 3.8) is 0 Å². The van der Waals surface area contributed by atoms with Gasteiger partial charge in [0.25, 0.3) is 5.91 Å². The van der Waals surface area contributed by atoms with Crippen molar-refractivity contribution in [2.45, 2.75) is 18.8 Å². The molecule has 2 fully saturated rings. The molecule has 7 heteroatoms. The van der Waals surface area contributed by atoms with Gasteiger partial charge in [-0.3, -0.25) is 14.7 Å². The lowest BCUT2D eigenvalue weighted by Gasteiger charge is -2.28. The van der Waals surface area contributed by atoms with Gasteiger partial charge in [-0.25, -0.2) is 0 Å². The minimum atomic E-state index is -0.219. The van der Waals surface area contributed by atoms with Crippen LogP contribution < -0.4 is 15.5 Å². The van der Waals surface area contributed by atoms with Crippen LogP contribution in [0.25, 0.3) is 0 Å². The molecule has 1 aromatic carbocycles. The summed E-state index contributed by atoms with van der Waals surface area (Å²) in [5.74, 6) is 0.354. The van der Waals surface area contributed by atoms with Crippen molar-refractivity contribution in [1.82, 2.24) is 15.5 Å². The molecule has 1 saturated carbocycles. The molecule has 2 aliphatic rings. The summed E-state index contributed by atoms with van der Waals surface area (Å²) < 4.78 is 0. The second kappa shape index (κ2) is 5.99. The number of anilines is 2. The SMILES string of the molecule is O=C1CN(c2ccc(NC(=O)c3cc(C4CC4)[nH]n3)cc2)CCN1. The number of aromatic amines is 1. The molecule has 1 saturated heterocycles. The molecule has 1 aromatic heterocycles. The highest BCUT2D eigenvalue weighted by atomic mass is 16.2. The van der Waals surface area contributed by atoms with E-state index >= 15 is 0 Å². The van der Waals surface area contributed by atoms with Crippen molar-refractivity contribution in [2.24, 2.45) is 0 Å². The maximum atomic E-state index is 12.2. The standard InChI is InChI=1S/C17H19N5O2/c23-16-10-22(8-7-18-16)13-5-3-12(4-6-13)19-17(24)15-9-14(20-21-15)11-1-2-11/h3-6,9,11H,1-2,7-8,10H2,(H,18,23)(H,19,24)(H,20,21). The summed E-state index contributed by atoms with van der Waals surface area (Å²) in [6, 6.07) is 9.33. The van der Waals surface area contributed by atoms with Crippen LogP contribution in [0.4, 0.5) is 11.4 Å². The Kier molecular flexibility index (Phi) is 3.68. The van der Waals surface area contributed by atoms with E-state index in [1.807, 2.05) is 35.2 Å². The number of piperazine rings is 1. The number of hydrogen-bond acceptors (Lipinski definition) is 4. The van der Waals surface area contributed by atoms with Crippen molar-refractivity contribution in [3.05, 3.63) is 41.7 Å². The molecule has 124 valence electrons. The molecule has 2 heterocycles. The first kappa shape index (κ1) is 14.7. The summed E-state index contributed by atoms with van der Waals surface area (Å²) in [4.78, 5) is 25.7. The summed E-state index contributed by atoms with van der Waals surface area (Å²) in [6.45, 7) is 1.80. The maximum Gasteiger partial charge on any atom is 0.276 e. The summed E-state index contributed by atoms with van der Waals surface area (Å²) in [7, 11) is 0. The quantitative estimate of drug-likeness (QED) is 0.794. The number of carbonyl (C=O) groups excluding carboxylic acids is 2. The zero-order valence-electron chi connectivity index (χ0n) is 13.2. The maximum absolute atomic E-state index is 12.2. The second-order valence-corrected chi connectivity index (χ2v) is 6.26. The molecule has 0 spiro atoms. The number of carbonyl (C=O) groups is 2. The fourth-order valence-electron chi connectivity index (χ4n) is 2.87. The van der Waals surface area contributed by atoms with E-state index in [1.165, 1.54) is 12.8 Å². The molecule has 7 nitrogen and oxygen atoms in total. The van der Waals surface area contributed by atoms with E-state index in [1.54, 1.807) is 0 Å². The highest BCUT2D eigenvalue weighted by Crippen LogP contribution is 2.39. The Hall–Kier alpha value is -2.83. The zero-order valence-corrected chi connectivity index (χ0v) is 13.2. The van der Waals surface area contributed by atoms with Crippen LogP contribution in [0, 0.1) is 0 Å². The van der Waals surface area contributed by atoms with Gasteiger partial charge in [-0.15, -0.1) is 0 Å². The predicted octanol–water partition coefficient (Wildman–Crippen LogP) is 1.48. The van der Waals surface area contributed by atoms with Crippen LogP contribution in [0.2, 0.25) is 0 Å². The fraction of sp³-hybridized carbons (Fsp3) is 0.353. The first-order chi connectivity index (χ1) is 11.7. The number of nitrogens with one attached hydrogen (secondary N) is 3. The molecule has 0 radical (unpaired) electrons. The molecule has 1 aliphatic carbocycles. The summed E-state index contributed by atoms with van der Waals surface area (Å²) in [5, 5.41) is 12.7. The number of H-pyrrole nitrogens is 1. The molecule has 0 bridgehead atoms. The van der Waals surface area contributed by atoms with Crippen molar-refractivity contribution < 1.29 is 9.59 Å². The molecule has 24 heavy (non-hydrogen) atoms. The van der Waals surface area contributed by atoms with Gasteiger partial charge in [0.2, 0.25) is 5.91 Å². The highest BCUT2D eigenvalue weighted by molar-refractivity contribution is 6.03. The molecule has 2 aromatic rings. The van der Waals surface area contributed by atoms with E-state index in [2.05, 4.69) is 20.8 Å². The van der Waals surface area contributed by atoms with Gasteiger partial charge in [0, 0.05) is 36.1 Å². The van der Waals surface area contributed by atoms with Crippen molar-refractivity contribution in [3.8, 4) is 0 Å². The number of amides is 2. The van der Waals surface area contributed by atoms with Crippen molar-refractivity contribution >= 4 is 23.2 Å². The number of rotatable bonds is 4. The van der Waals surface area contributed by atoms with Gasteiger partial charge in [0.15, 0.2) is 5.69 Å². The Morgan fingerprint density at radius 3 is 2.75 bits per heavy atom. The average molecular weight is 325 g/mol. The fourth-order valence-corrected chi connectivity index (χ4v) is 2.87. The topological polar surface area (TPSA) is 90.1 Å². The van der Waals surface area contributed by atoms with E-state index in [4.69, 9.17) is 0 Å². The molecule has 4 rings (SSSR count). The van der Waals surface area contributed by atoms with Crippen molar-refractivity contribution in [1.29, 1.82) is 0 Å². The van der Waals surface area contributed by atoms with Crippen molar-refractivity contribution in [2.75, 3.05) is 29.9 Å².